The van der Waals surface area contributed by atoms with Crippen molar-refractivity contribution in [2.45, 2.75) is 63.2 Å². The molecule has 8 nitrogen and oxygen atoms in total. The van der Waals surface area contributed by atoms with Gasteiger partial charge in [-0.05, 0) is 32.1 Å². The number of hydrazone groups is 1. The molecule has 1 amide bonds. The summed E-state index contributed by atoms with van der Waals surface area (Å²) in [5.41, 5.74) is 1.21. The highest BCUT2D eigenvalue weighted by Crippen LogP contribution is 2.54. The Labute approximate surface area is 196 Å². The van der Waals surface area contributed by atoms with Crippen molar-refractivity contribution in [1.82, 2.24) is 9.91 Å². The van der Waals surface area contributed by atoms with Crippen LogP contribution in [0.4, 0.5) is 13.2 Å². The van der Waals surface area contributed by atoms with Gasteiger partial charge in [-0.25, -0.2) is 0 Å². The summed E-state index contributed by atoms with van der Waals surface area (Å²) in [4.78, 5) is 24.9. The molecule has 5 rings (SSSR count). The van der Waals surface area contributed by atoms with E-state index in [1.807, 2.05) is 26.1 Å². The van der Waals surface area contributed by atoms with Gasteiger partial charge in [0.1, 0.15) is 12.6 Å². The fraction of sp³-hybridized carbons (Fsp3) is 0.739. The number of amides is 1. The van der Waals surface area contributed by atoms with Gasteiger partial charge in [0.15, 0.2) is 6.23 Å². The Kier molecular flexibility index (Phi) is 5.83. The fourth-order valence-electron chi connectivity index (χ4n) is 5.77. The van der Waals surface area contributed by atoms with E-state index in [-0.39, 0.29) is 42.5 Å². The lowest BCUT2D eigenvalue weighted by molar-refractivity contribution is -0.146. The number of hydrogen-bond acceptors (Lipinski definition) is 7. The second kappa shape index (κ2) is 8.44. The van der Waals surface area contributed by atoms with Gasteiger partial charge in [0, 0.05) is 37.8 Å². The molecule has 1 saturated heterocycles. The highest BCUT2D eigenvalue weighted by Gasteiger charge is 2.66. The van der Waals surface area contributed by atoms with Crippen molar-refractivity contribution >= 4 is 24.0 Å². The molecule has 5 aliphatic rings. The first-order valence-corrected chi connectivity index (χ1v) is 11.8. The first kappa shape index (κ1) is 23.5. The molecule has 34 heavy (non-hydrogen) atoms. The number of hydrogen-bond donors (Lipinski definition) is 0. The number of rotatable bonds is 6. The van der Waals surface area contributed by atoms with Crippen LogP contribution in [0, 0.1) is 17.8 Å². The molecule has 0 bridgehead atoms. The van der Waals surface area contributed by atoms with E-state index in [4.69, 9.17) is 14.5 Å². The number of fused-ring (bicyclic) bond motifs is 2. The zero-order valence-electron chi connectivity index (χ0n) is 19.5. The number of halogens is 3. The average molecular weight is 482 g/mol. The zero-order chi connectivity index (χ0) is 24.3. The summed E-state index contributed by atoms with van der Waals surface area (Å²) < 4.78 is 49.8. The molecule has 186 valence electrons. The third-order valence-corrected chi connectivity index (χ3v) is 7.40. The van der Waals surface area contributed by atoms with Crippen molar-refractivity contribution in [3.63, 3.8) is 0 Å². The van der Waals surface area contributed by atoms with Gasteiger partial charge in [-0.2, -0.15) is 18.3 Å². The van der Waals surface area contributed by atoms with Crippen LogP contribution in [-0.4, -0.2) is 90.9 Å². The van der Waals surface area contributed by atoms with Crippen LogP contribution in [0.2, 0.25) is 0 Å². The summed E-state index contributed by atoms with van der Waals surface area (Å²) in [6.07, 6.45) is 2.73. The minimum Gasteiger partial charge on any atom is -0.377 e. The van der Waals surface area contributed by atoms with Gasteiger partial charge in [-0.3, -0.25) is 19.8 Å². The topological polar surface area (TPSA) is 79.1 Å². The molecule has 2 fully saturated rings. The molecule has 0 aromatic rings. The van der Waals surface area contributed by atoms with Crippen molar-refractivity contribution in [1.29, 1.82) is 0 Å². The van der Waals surface area contributed by atoms with Crippen LogP contribution in [0.25, 0.3) is 0 Å². The highest BCUT2D eigenvalue weighted by molar-refractivity contribution is 6.19. The monoisotopic (exact) mass is 481 g/mol. The van der Waals surface area contributed by atoms with Crippen molar-refractivity contribution in [2.75, 3.05) is 26.8 Å². The van der Waals surface area contributed by atoms with Crippen LogP contribution in [0.5, 0.6) is 0 Å². The summed E-state index contributed by atoms with van der Waals surface area (Å²) in [5, 5.41) is 4.93. The molecule has 0 aromatic heterocycles. The fourth-order valence-corrected chi connectivity index (χ4v) is 5.77. The number of ether oxygens (including phenoxy) is 2. The predicted molar refractivity (Wildman–Crippen MR) is 120 cm³/mol. The number of carbonyl (C=O) groups excluding carboxylic acids is 1. The Balaban J connectivity index is 1.38. The van der Waals surface area contributed by atoms with E-state index in [9.17, 15) is 18.0 Å². The third kappa shape index (κ3) is 3.96. The lowest BCUT2D eigenvalue weighted by atomic mass is 9.82. The second-order valence-corrected chi connectivity index (χ2v) is 9.72. The van der Waals surface area contributed by atoms with Crippen LogP contribution in [0.15, 0.2) is 26.9 Å². The van der Waals surface area contributed by atoms with Gasteiger partial charge >= 0.3 is 6.18 Å². The Morgan fingerprint density at radius 2 is 2.03 bits per heavy atom. The number of carbonyl (C=O) groups is 1. The van der Waals surface area contributed by atoms with E-state index in [0.29, 0.717) is 13.0 Å². The maximum Gasteiger partial charge on any atom is 0.407 e. The summed E-state index contributed by atoms with van der Waals surface area (Å²) >= 11 is 0. The second-order valence-electron chi connectivity index (χ2n) is 9.72. The molecule has 4 heterocycles. The minimum absolute atomic E-state index is 0.0469. The van der Waals surface area contributed by atoms with Gasteiger partial charge in [-0.15, -0.1) is 0 Å². The number of aliphatic imine (C=N–C) groups is 2. The number of methoxy groups -OCH3 is 1. The van der Waals surface area contributed by atoms with E-state index in [1.165, 1.54) is 6.21 Å². The van der Waals surface area contributed by atoms with Crippen LogP contribution >= 0.6 is 0 Å². The smallest absolute Gasteiger partial charge is 0.377 e. The summed E-state index contributed by atoms with van der Waals surface area (Å²) in [6.45, 7) is 3.40. The largest absolute Gasteiger partial charge is 0.407 e. The Morgan fingerprint density at radius 3 is 2.68 bits per heavy atom. The number of nitrogens with zero attached hydrogens (tertiary/aromatic N) is 5. The Hall–Kier alpha value is -2.27. The lowest BCUT2D eigenvalue weighted by Gasteiger charge is -2.32. The molecule has 0 N–H and O–H groups in total. The molecule has 1 spiro atoms. The lowest BCUT2D eigenvalue weighted by Crippen LogP contribution is -2.48. The van der Waals surface area contributed by atoms with E-state index >= 15 is 0 Å². The maximum absolute atomic E-state index is 13.5. The molecule has 1 saturated carbocycles. The average Bonchev–Trinajstić information content (AvgIpc) is 3.38. The van der Waals surface area contributed by atoms with Gasteiger partial charge in [-0.1, -0.05) is 13.0 Å². The van der Waals surface area contributed by atoms with E-state index < -0.39 is 24.3 Å². The van der Waals surface area contributed by atoms with Crippen molar-refractivity contribution in [3.8, 4) is 0 Å². The minimum atomic E-state index is -4.34. The predicted octanol–water partition coefficient (Wildman–Crippen LogP) is 2.65. The number of likely N-dealkylation sites (tertiary alicyclic amines) is 1. The molecule has 6 unspecified atom stereocenters. The highest BCUT2D eigenvalue weighted by atomic mass is 19.4. The van der Waals surface area contributed by atoms with E-state index in [0.717, 1.165) is 29.3 Å². The Bertz CT molecular complexity index is 958. The number of alkyl halides is 3. The molecule has 11 heteroatoms. The van der Waals surface area contributed by atoms with E-state index in [1.54, 1.807) is 12.0 Å². The molecule has 4 aliphatic heterocycles. The Morgan fingerprint density at radius 1 is 1.26 bits per heavy atom. The van der Waals surface area contributed by atoms with Gasteiger partial charge in [0.05, 0.1) is 29.8 Å². The quantitative estimate of drug-likeness (QED) is 0.584. The molecule has 0 radical (unpaired) electrons. The SMILES string of the molecule is CCOC1N=CC(C2=CC(C)C3C(=O)N(C4C=NN(CC(F)(F)F)C4)C4(CC4)C3=N2)CC1OC. The molecule has 1 aliphatic carbocycles. The molecular formula is C23H30F3N5O3. The molecular weight excluding hydrogens is 451 g/mol. The van der Waals surface area contributed by atoms with E-state index in [2.05, 4.69) is 10.1 Å². The summed E-state index contributed by atoms with van der Waals surface area (Å²) in [5.74, 6) is -0.562. The van der Waals surface area contributed by atoms with Crippen molar-refractivity contribution in [2.24, 2.45) is 32.8 Å². The first-order chi connectivity index (χ1) is 16.2. The van der Waals surface area contributed by atoms with Gasteiger partial charge < -0.3 is 14.4 Å². The van der Waals surface area contributed by atoms with Crippen LogP contribution in [0.3, 0.4) is 0 Å². The zero-order valence-corrected chi connectivity index (χ0v) is 19.5. The molecule has 6 atom stereocenters. The standard InChI is InChI=1S/C23H30F3N5O3/c1-4-34-20-17(33-3)8-14(9-27-20)16-7-13(2)18-19(29-16)22(5-6-22)31(21(18)32)15-10-28-30(11-15)12-23(24,25)26/h7,9-10,13-15,17-18,20H,4-6,8,11-12H2,1-3H3. The normalized spacial score (nSPS) is 36.2. The van der Waals surface area contributed by atoms with Crippen LogP contribution in [0.1, 0.15) is 33.1 Å². The van der Waals surface area contributed by atoms with Gasteiger partial charge in [0.2, 0.25) is 5.91 Å². The van der Waals surface area contributed by atoms with Gasteiger partial charge in [0.25, 0.3) is 0 Å². The third-order valence-electron chi connectivity index (χ3n) is 7.40. The summed E-state index contributed by atoms with van der Waals surface area (Å²) in [7, 11) is 1.65. The number of allylic oxidation sites excluding steroid dienone is 2. The van der Waals surface area contributed by atoms with Crippen molar-refractivity contribution < 1.29 is 27.4 Å². The summed E-state index contributed by atoms with van der Waals surface area (Å²) in [6, 6.07) is -0.484. The van der Waals surface area contributed by atoms with Crippen LogP contribution in [-0.2, 0) is 14.3 Å². The first-order valence-electron chi connectivity index (χ1n) is 11.8. The van der Waals surface area contributed by atoms with Crippen molar-refractivity contribution in [3.05, 3.63) is 11.8 Å². The van der Waals surface area contributed by atoms with Crippen LogP contribution < -0.4 is 0 Å². The molecule has 0 aromatic carbocycles. The maximum atomic E-state index is 13.5.